The number of nitrogens with zero attached hydrogens (tertiary/aromatic N) is 2. The van der Waals surface area contributed by atoms with Gasteiger partial charge in [-0.25, -0.2) is 4.98 Å². The first-order valence-electron chi connectivity index (χ1n) is 7.17. The highest BCUT2D eigenvalue weighted by atomic mass is 32.1. The molecule has 1 atom stereocenters. The van der Waals surface area contributed by atoms with Crippen LogP contribution in [0.2, 0.25) is 0 Å². The number of aromatic nitrogens is 2. The average molecular weight is 306 g/mol. The van der Waals surface area contributed by atoms with Crippen molar-refractivity contribution in [3.05, 3.63) is 29.9 Å². The second-order valence-corrected chi connectivity index (χ2v) is 6.24. The molecule has 0 radical (unpaired) electrons. The second kappa shape index (κ2) is 6.87. The molecule has 2 rings (SSSR count). The Morgan fingerprint density at radius 3 is 3.00 bits per heavy atom. The molecule has 2 aromatic rings. The summed E-state index contributed by atoms with van der Waals surface area (Å²) in [4.78, 5) is 17.3. The minimum atomic E-state index is -0.688. The third-order valence-electron chi connectivity index (χ3n) is 3.62. The molecule has 0 aliphatic rings. The lowest BCUT2D eigenvalue weighted by molar-refractivity contribution is -0.124. The number of aryl methyl sites for hydroxylation is 1. The van der Waals surface area contributed by atoms with Crippen molar-refractivity contribution in [3.8, 4) is 10.7 Å². The number of nitrogens with two attached hydrogens (primary N) is 1. The molecule has 0 spiro atoms. The van der Waals surface area contributed by atoms with Crippen molar-refractivity contribution in [2.45, 2.75) is 38.8 Å². The van der Waals surface area contributed by atoms with E-state index in [2.05, 4.69) is 21.8 Å². The highest BCUT2D eigenvalue weighted by Gasteiger charge is 2.30. The summed E-state index contributed by atoms with van der Waals surface area (Å²) >= 11 is 1.66. The van der Waals surface area contributed by atoms with E-state index in [1.165, 1.54) is 0 Å². The quantitative estimate of drug-likeness (QED) is 0.785. The molecule has 1 amide bonds. The molecule has 21 heavy (non-hydrogen) atoms. The van der Waals surface area contributed by atoms with Gasteiger partial charge in [-0.15, -0.1) is 11.3 Å². The Hall–Kier alpha value is -1.66. The van der Waals surface area contributed by atoms with Gasteiger partial charge in [0.2, 0.25) is 5.91 Å². The number of thiophene rings is 1. The highest BCUT2D eigenvalue weighted by molar-refractivity contribution is 7.13. The van der Waals surface area contributed by atoms with Gasteiger partial charge in [-0.1, -0.05) is 13.0 Å². The van der Waals surface area contributed by atoms with Crippen LogP contribution < -0.4 is 11.1 Å². The van der Waals surface area contributed by atoms with Crippen LogP contribution in [0.4, 0.5) is 0 Å². The van der Waals surface area contributed by atoms with Crippen molar-refractivity contribution in [1.82, 2.24) is 14.9 Å². The van der Waals surface area contributed by atoms with Crippen LogP contribution in [0.15, 0.2) is 29.9 Å². The summed E-state index contributed by atoms with van der Waals surface area (Å²) in [6.07, 6.45) is 5.33. The summed E-state index contributed by atoms with van der Waals surface area (Å²) in [6, 6.07) is 4.06. The molecule has 3 N–H and O–H groups in total. The van der Waals surface area contributed by atoms with Crippen LogP contribution in [-0.2, 0) is 11.3 Å². The Kier molecular flexibility index (Phi) is 5.14. The van der Waals surface area contributed by atoms with Gasteiger partial charge in [-0.2, -0.15) is 0 Å². The Bertz CT molecular complexity index is 578. The van der Waals surface area contributed by atoms with E-state index in [9.17, 15) is 4.79 Å². The van der Waals surface area contributed by atoms with E-state index in [1.54, 1.807) is 17.5 Å². The van der Waals surface area contributed by atoms with E-state index in [4.69, 9.17) is 5.73 Å². The van der Waals surface area contributed by atoms with E-state index >= 15 is 0 Å². The van der Waals surface area contributed by atoms with E-state index < -0.39 is 5.54 Å². The minimum Gasteiger partial charge on any atom is -0.368 e. The summed E-state index contributed by atoms with van der Waals surface area (Å²) < 4.78 is 2.07. The smallest absolute Gasteiger partial charge is 0.237 e. The van der Waals surface area contributed by atoms with Crippen LogP contribution in [0.25, 0.3) is 10.7 Å². The van der Waals surface area contributed by atoms with Crippen LogP contribution in [-0.4, -0.2) is 27.5 Å². The standard InChI is InChI=1S/C15H22N4OS/c1-3-7-18-15(2,14(16)20)6-9-19-10-8-17-13(19)12-5-4-11-21-12/h4-5,8,10-11,18H,3,6-7,9H2,1-2H3,(H2,16,20). The molecule has 0 saturated carbocycles. The molecule has 2 heterocycles. The van der Waals surface area contributed by atoms with Gasteiger partial charge in [0.15, 0.2) is 0 Å². The third kappa shape index (κ3) is 3.71. The largest absolute Gasteiger partial charge is 0.368 e. The fourth-order valence-electron chi connectivity index (χ4n) is 2.16. The number of rotatable bonds is 8. The van der Waals surface area contributed by atoms with Crippen molar-refractivity contribution in [3.63, 3.8) is 0 Å². The van der Waals surface area contributed by atoms with Crippen molar-refractivity contribution >= 4 is 17.2 Å². The normalized spacial score (nSPS) is 14.0. The van der Waals surface area contributed by atoms with Crippen LogP contribution in [0.1, 0.15) is 26.7 Å². The van der Waals surface area contributed by atoms with Gasteiger partial charge < -0.3 is 15.6 Å². The van der Waals surface area contributed by atoms with E-state index in [0.29, 0.717) is 13.0 Å². The van der Waals surface area contributed by atoms with Gasteiger partial charge in [0.05, 0.1) is 10.4 Å². The minimum absolute atomic E-state index is 0.311. The fourth-order valence-corrected chi connectivity index (χ4v) is 2.90. The van der Waals surface area contributed by atoms with Crippen LogP contribution in [0.5, 0.6) is 0 Å². The Morgan fingerprint density at radius 2 is 2.38 bits per heavy atom. The average Bonchev–Trinajstić information content (AvgIpc) is 3.12. The summed E-state index contributed by atoms with van der Waals surface area (Å²) in [7, 11) is 0. The first kappa shape index (κ1) is 15.7. The second-order valence-electron chi connectivity index (χ2n) is 5.29. The van der Waals surface area contributed by atoms with Crippen LogP contribution >= 0.6 is 11.3 Å². The monoisotopic (exact) mass is 306 g/mol. The summed E-state index contributed by atoms with van der Waals surface area (Å²) in [5, 5.41) is 5.29. The Labute approximate surface area is 129 Å². The predicted molar refractivity (Wildman–Crippen MR) is 86.1 cm³/mol. The van der Waals surface area contributed by atoms with Gasteiger partial charge >= 0.3 is 0 Å². The molecule has 5 nitrogen and oxygen atoms in total. The molecule has 6 heteroatoms. The zero-order valence-electron chi connectivity index (χ0n) is 12.5. The van der Waals surface area contributed by atoms with Gasteiger partial charge in [0, 0.05) is 18.9 Å². The molecule has 0 aliphatic carbocycles. The number of nitrogens with one attached hydrogen (secondary N) is 1. The van der Waals surface area contributed by atoms with E-state index in [0.717, 1.165) is 23.7 Å². The van der Waals surface area contributed by atoms with Crippen LogP contribution in [0.3, 0.4) is 0 Å². The molecular weight excluding hydrogens is 284 g/mol. The van der Waals surface area contributed by atoms with Gasteiger partial charge in [0.1, 0.15) is 5.82 Å². The summed E-state index contributed by atoms with van der Waals surface area (Å²) in [6.45, 7) is 5.41. The number of carbonyl (C=O) groups is 1. The lowest BCUT2D eigenvalue weighted by Gasteiger charge is -2.27. The molecule has 0 aliphatic heterocycles. The fraction of sp³-hybridized carbons (Fsp3) is 0.467. The first-order valence-corrected chi connectivity index (χ1v) is 8.05. The lowest BCUT2D eigenvalue weighted by atomic mass is 9.96. The lowest BCUT2D eigenvalue weighted by Crippen LogP contribution is -2.53. The zero-order chi connectivity index (χ0) is 15.3. The molecule has 114 valence electrons. The van der Waals surface area contributed by atoms with E-state index in [1.807, 2.05) is 30.6 Å². The van der Waals surface area contributed by atoms with Crippen molar-refractivity contribution in [2.75, 3.05) is 6.54 Å². The van der Waals surface area contributed by atoms with Gasteiger partial charge in [-0.05, 0) is 37.8 Å². The maximum atomic E-state index is 11.7. The maximum absolute atomic E-state index is 11.7. The number of hydrogen-bond acceptors (Lipinski definition) is 4. The number of primary amides is 1. The first-order chi connectivity index (χ1) is 10.1. The van der Waals surface area contributed by atoms with Crippen molar-refractivity contribution in [2.24, 2.45) is 5.73 Å². The van der Waals surface area contributed by atoms with Gasteiger partial charge in [-0.3, -0.25) is 4.79 Å². The molecular formula is C15H22N4OS. The SMILES string of the molecule is CCCNC(C)(CCn1ccnc1-c1cccs1)C(N)=O. The summed E-state index contributed by atoms with van der Waals surface area (Å²) in [5.74, 6) is 0.626. The molecule has 0 bridgehead atoms. The maximum Gasteiger partial charge on any atom is 0.237 e. The Balaban J connectivity index is 2.08. The van der Waals surface area contributed by atoms with Crippen molar-refractivity contribution in [1.29, 1.82) is 0 Å². The predicted octanol–water partition coefficient (Wildman–Crippen LogP) is 2.25. The molecule has 1 unspecified atom stereocenters. The third-order valence-corrected chi connectivity index (χ3v) is 4.48. The van der Waals surface area contributed by atoms with Crippen LogP contribution in [0, 0.1) is 0 Å². The number of carbonyl (C=O) groups excluding carboxylic acids is 1. The number of imidazole rings is 1. The molecule has 0 aromatic carbocycles. The molecule has 0 fully saturated rings. The van der Waals surface area contributed by atoms with Gasteiger partial charge in [0.25, 0.3) is 0 Å². The summed E-state index contributed by atoms with van der Waals surface area (Å²) in [5.41, 5.74) is 4.87. The topological polar surface area (TPSA) is 72.9 Å². The van der Waals surface area contributed by atoms with E-state index in [-0.39, 0.29) is 5.91 Å². The zero-order valence-corrected chi connectivity index (χ0v) is 13.3. The van der Waals surface area contributed by atoms with Crippen molar-refractivity contribution < 1.29 is 4.79 Å². The number of amides is 1. The molecule has 2 aromatic heterocycles. The molecule has 0 saturated heterocycles. The number of hydrogen-bond donors (Lipinski definition) is 2. The Morgan fingerprint density at radius 1 is 1.57 bits per heavy atom. The highest BCUT2D eigenvalue weighted by Crippen LogP contribution is 2.23.